The van der Waals surface area contributed by atoms with Gasteiger partial charge >= 0.3 is 12.1 Å². The Hall–Kier alpha value is -3.17. The second-order valence-electron chi connectivity index (χ2n) is 8.69. The van der Waals surface area contributed by atoms with E-state index in [1.54, 1.807) is 42.5 Å². The van der Waals surface area contributed by atoms with Crippen molar-refractivity contribution in [1.29, 1.82) is 0 Å². The van der Waals surface area contributed by atoms with Gasteiger partial charge in [-0.1, -0.05) is 49.7 Å². The number of fused-ring (bicyclic) bond motifs is 1. The zero-order valence-electron chi connectivity index (χ0n) is 19.7. The zero-order chi connectivity index (χ0) is 25.9. The summed E-state index contributed by atoms with van der Waals surface area (Å²) in [5, 5.41) is 0. The predicted molar refractivity (Wildman–Crippen MR) is 131 cm³/mol. The van der Waals surface area contributed by atoms with Crippen LogP contribution in [-0.2, 0) is 29.2 Å². The molecule has 0 spiro atoms. The molecule has 0 atom stereocenters. The number of nitrogens with zero attached hydrogens (tertiary/aromatic N) is 1. The molecule has 0 unspecified atom stereocenters. The standard InChI is InChI=1S/C27H26F3NO4S/c1-2-3-16-36(33,34)31-15-14-20-17-23(13-10-21(20)18-31)35-26(32)25-7-5-4-6-24(25)19-8-11-22(12-9-19)27(28,29)30/h4-13,17H,2-3,14-16,18H2,1H3. The van der Waals surface area contributed by atoms with Gasteiger partial charge in [0, 0.05) is 13.1 Å². The number of hydrogen-bond donors (Lipinski definition) is 0. The van der Waals surface area contributed by atoms with Gasteiger partial charge in [-0.15, -0.1) is 0 Å². The van der Waals surface area contributed by atoms with E-state index in [4.69, 9.17) is 4.74 Å². The lowest BCUT2D eigenvalue weighted by molar-refractivity contribution is -0.137. The highest BCUT2D eigenvalue weighted by molar-refractivity contribution is 7.89. The minimum Gasteiger partial charge on any atom is -0.423 e. The lowest BCUT2D eigenvalue weighted by Gasteiger charge is -2.28. The molecule has 1 aliphatic heterocycles. The molecule has 36 heavy (non-hydrogen) atoms. The molecular weight excluding hydrogens is 491 g/mol. The van der Waals surface area contributed by atoms with E-state index < -0.39 is 27.7 Å². The first-order chi connectivity index (χ1) is 17.1. The van der Waals surface area contributed by atoms with Gasteiger partial charge in [0.2, 0.25) is 10.0 Å². The maximum atomic E-state index is 13.0. The average molecular weight is 518 g/mol. The third kappa shape index (κ3) is 5.79. The molecule has 0 aliphatic carbocycles. The Balaban J connectivity index is 1.51. The van der Waals surface area contributed by atoms with Crippen LogP contribution in [0.3, 0.4) is 0 Å². The van der Waals surface area contributed by atoms with Crippen molar-refractivity contribution in [2.75, 3.05) is 12.3 Å². The quantitative estimate of drug-likeness (QED) is 0.282. The lowest BCUT2D eigenvalue weighted by atomic mass is 9.98. The fourth-order valence-electron chi connectivity index (χ4n) is 4.17. The fraction of sp³-hybridized carbons (Fsp3) is 0.296. The summed E-state index contributed by atoms with van der Waals surface area (Å²) in [7, 11) is -3.31. The summed E-state index contributed by atoms with van der Waals surface area (Å²) in [5.74, 6) is -0.180. The van der Waals surface area contributed by atoms with Gasteiger partial charge in [-0.05, 0) is 65.4 Å². The van der Waals surface area contributed by atoms with Crippen molar-refractivity contribution in [3.63, 3.8) is 0 Å². The molecule has 1 heterocycles. The topological polar surface area (TPSA) is 63.7 Å². The third-order valence-electron chi connectivity index (χ3n) is 6.18. The molecule has 3 aromatic carbocycles. The molecule has 0 saturated heterocycles. The Bertz CT molecular complexity index is 1350. The summed E-state index contributed by atoms with van der Waals surface area (Å²) >= 11 is 0. The second kappa shape index (κ2) is 10.4. The number of halogens is 3. The Morgan fingerprint density at radius 1 is 1.00 bits per heavy atom. The Morgan fingerprint density at radius 2 is 1.72 bits per heavy atom. The molecule has 190 valence electrons. The zero-order valence-corrected chi connectivity index (χ0v) is 20.5. The number of carbonyl (C=O) groups excluding carboxylic acids is 1. The van der Waals surface area contributed by atoms with Crippen LogP contribution in [0, 0.1) is 0 Å². The van der Waals surface area contributed by atoms with E-state index >= 15 is 0 Å². The van der Waals surface area contributed by atoms with Crippen LogP contribution in [0.4, 0.5) is 13.2 Å². The van der Waals surface area contributed by atoms with Crippen molar-refractivity contribution < 1.29 is 31.1 Å². The van der Waals surface area contributed by atoms with Crippen molar-refractivity contribution in [1.82, 2.24) is 4.31 Å². The van der Waals surface area contributed by atoms with E-state index in [9.17, 15) is 26.4 Å². The summed E-state index contributed by atoms with van der Waals surface area (Å²) < 4.78 is 70.9. The van der Waals surface area contributed by atoms with E-state index in [0.29, 0.717) is 36.3 Å². The van der Waals surface area contributed by atoms with Gasteiger partial charge in [0.05, 0.1) is 16.9 Å². The highest BCUT2D eigenvalue weighted by Crippen LogP contribution is 2.32. The first-order valence-electron chi connectivity index (χ1n) is 11.7. The number of rotatable bonds is 7. The lowest BCUT2D eigenvalue weighted by Crippen LogP contribution is -2.37. The van der Waals surface area contributed by atoms with Gasteiger partial charge in [0.1, 0.15) is 5.75 Å². The molecule has 0 bridgehead atoms. The number of carbonyl (C=O) groups is 1. The molecule has 4 rings (SSSR count). The molecule has 5 nitrogen and oxygen atoms in total. The summed E-state index contributed by atoms with van der Waals surface area (Å²) in [6.07, 6.45) is -2.51. The molecular formula is C27H26F3NO4S. The van der Waals surface area contributed by atoms with Crippen LogP contribution in [0.15, 0.2) is 66.7 Å². The first-order valence-corrected chi connectivity index (χ1v) is 13.3. The molecule has 0 saturated carbocycles. The number of unbranched alkanes of at least 4 members (excludes halogenated alkanes) is 1. The summed E-state index contributed by atoms with van der Waals surface area (Å²) in [6, 6.07) is 16.3. The Morgan fingerprint density at radius 3 is 2.42 bits per heavy atom. The molecule has 3 aromatic rings. The summed E-state index contributed by atoms with van der Waals surface area (Å²) in [6.45, 7) is 2.60. The van der Waals surface area contributed by atoms with Gasteiger partial charge in [0.15, 0.2) is 0 Å². The van der Waals surface area contributed by atoms with Gasteiger partial charge in [-0.25, -0.2) is 13.2 Å². The van der Waals surface area contributed by atoms with Crippen LogP contribution in [0.2, 0.25) is 0 Å². The van der Waals surface area contributed by atoms with Gasteiger partial charge < -0.3 is 4.74 Å². The van der Waals surface area contributed by atoms with Gasteiger partial charge in [-0.2, -0.15) is 17.5 Å². The van der Waals surface area contributed by atoms with Crippen molar-refractivity contribution in [2.24, 2.45) is 0 Å². The normalized spacial score (nSPS) is 14.3. The first kappa shape index (κ1) is 25.9. The summed E-state index contributed by atoms with van der Waals surface area (Å²) in [4.78, 5) is 13.0. The monoisotopic (exact) mass is 517 g/mol. The number of sulfonamides is 1. The van der Waals surface area contributed by atoms with Crippen LogP contribution in [-0.4, -0.2) is 31.0 Å². The minimum atomic E-state index is -4.44. The maximum absolute atomic E-state index is 13.0. The predicted octanol–water partition coefficient (Wildman–Crippen LogP) is 6.08. The van der Waals surface area contributed by atoms with Crippen LogP contribution in [0.25, 0.3) is 11.1 Å². The number of benzene rings is 3. The molecule has 0 fully saturated rings. The molecule has 1 aliphatic rings. The van der Waals surface area contributed by atoms with E-state index in [-0.39, 0.29) is 17.9 Å². The fourth-order valence-corrected chi connectivity index (χ4v) is 5.79. The number of alkyl halides is 3. The van der Waals surface area contributed by atoms with Crippen molar-refractivity contribution >= 4 is 16.0 Å². The van der Waals surface area contributed by atoms with Crippen LogP contribution >= 0.6 is 0 Å². The van der Waals surface area contributed by atoms with Gasteiger partial charge in [-0.3, -0.25) is 0 Å². The molecule has 0 N–H and O–H groups in total. The number of esters is 1. The van der Waals surface area contributed by atoms with Crippen LogP contribution in [0.1, 0.15) is 46.8 Å². The molecule has 0 radical (unpaired) electrons. The van der Waals surface area contributed by atoms with Crippen LogP contribution in [0.5, 0.6) is 5.75 Å². The van der Waals surface area contributed by atoms with Crippen molar-refractivity contribution in [3.8, 4) is 16.9 Å². The average Bonchev–Trinajstić information content (AvgIpc) is 2.86. The van der Waals surface area contributed by atoms with Gasteiger partial charge in [0.25, 0.3) is 0 Å². The second-order valence-corrected chi connectivity index (χ2v) is 10.8. The van der Waals surface area contributed by atoms with Crippen molar-refractivity contribution in [3.05, 3.63) is 89.0 Å². The maximum Gasteiger partial charge on any atom is 0.416 e. The Kier molecular flexibility index (Phi) is 7.51. The number of ether oxygens (including phenoxy) is 1. The summed E-state index contributed by atoms with van der Waals surface area (Å²) in [5.41, 5.74) is 2.16. The minimum absolute atomic E-state index is 0.132. The molecule has 0 aromatic heterocycles. The SMILES string of the molecule is CCCCS(=O)(=O)N1CCc2cc(OC(=O)c3ccccc3-c3ccc(C(F)(F)F)cc3)ccc2C1. The highest BCUT2D eigenvalue weighted by atomic mass is 32.2. The molecule has 0 amide bonds. The van der Waals surface area contributed by atoms with E-state index in [0.717, 1.165) is 29.7 Å². The van der Waals surface area contributed by atoms with E-state index in [1.165, 1.54) is 16.4 Å². The third-order valence-corrected chi connectivity index (χ3v) is 8.09. The Labute approximate surface area is 208 Å². The smallest absolute Gasteiger partial charge is 0.416 e. The van der Waals surface area contributed by atoms with Crippen LogP contribution < -0.4 is 4.74 Å². The van der Waals surface area contributed by atoms with E-state index in [2.05, 4.69) is 0 Å². The largest absolute Gasteiger partial charge is 0.423 e. The van der Waals surface area contributed by atoms with E-state index in [1.807, 2.05) is 6.92 Å². The van der Waals surface area contributed by atoms with Crippen molar-refractivity contribution in [2.45, 2.75) is 38.9 Å². The molecule has 9 heteroatoms. The highest BCUT2D eigenvalue weighted by Gasteiger charge is 2.30. The number of hydrogen-bond acceptors (Lipinski definition) is 4.